The van der Waals surface area contributed by atoms with Gasteiger partial charge < -0.3 is 4.74 Å². The minimum Gasteiger partial charge on any atom is -0.467 e. The maximum atomic E-state index is 11.3. The van der Waals surface area contributed by atoms with Crippen molar-refractivity contribution in [2.45, 2.75) is 26.2 Å². The van der Waals surface area contributed by atoms with Crippen LogP contribution in [0.25, 0.3) is 6.08 Å². The zero-order valence-corrected chi connectivity index (χ0v) is 9.64. The molecule has 16 heavy (non-hydrogen) atoms. The van der Waals surface area contributed by atoms with E-state index >= 15 is 0 Å². The highest BCUT2D eigenvalue weighted by atomic mass is 16.5. The van der Waals surface area contributed by atoms with E-state index in [2.05, 4.69) is 16.9 Å². The molecule has 0 amide bonds. The zero-order chi connectivity index (χ0) is 11.8. The van der Waals surface area contributed by atoms with E-state index < -0.39 is 0 Å². The smallest absolute Gasteiger partial charge is 0.316 e. The first-order valence-corrected chi connectivity index (χ1v) is 5.33. The summed E-state index contributed by atoms with van der Waals surface area (Å²) in [5.74, 6) is 0.137. The van der Waals surface area contributed by atoms with Gasteiger partial charge in [0, 0.05) is 24.4 Å². The Hall–Kier alpha value is -1.71. The molecule has 4 heteroatoms. The van der Waals surface area contributed by atoms with Gasteiger partial charge in [0.15, 0.2) is 5.78 Å². The average Bonchev–Trinajstić information content (AvgIpc) is 2.34. The highest BCUT2D eigenvalue weighted by Gasteiger charge is 1.96. The van der Waals surface area contributed by atoms with Crippen molar-refractivity contribution in [3.63, 3.8) is 0 Å². The molecule has 0 saturated heterocycles. The van der Waals surface area contributed by atoms with Crippen LogP contribution in [0, 0.1) is 0 Å². The van der Waals surface area contributed by atoms with Gasteiger partial charge in [-0.1, -0.05) is 13.3 Å². The zero-order valence-electron chi connectivity index (χ0n) is 9.64. The summed E-state index contributed by atoms with van der Waals surface area (Å²) in [5.41, 5.74) is 0.797. The minimum atomic E-state index is 0.137. The maximum absolute atomic E-state index is 11.3. The number of carbonyl (C=O) groups is 1. The molecule has 0 aromatic carbocycles. The summed E-state index contributed by atoms with van der Waals surface area (Å²) >= 11 is 0. The van der Waals surface area contributed by atoms with Gasteiger partial charge in [-0.15, -0.1) is 0 Å². The SMILES string of the molecule is CCCCC(=O)C=Cc1cnc(OC)nc1. The fraction of sp³-hybridized carbons (Fsp3) is 0.417. The van der Waals surface area contributed by atoms with E-state index in [1.54, 1.807) is 24.5 Å². The predicted octanol–water partition coefficient (Wildman–Crippen LogP) is 2.26. The Kier molecular flexibility index (Phi) is 5.19. The molecule has 0 aliphatic rings. The molecule has 0 N–H and O–H groups in total. The molecule has 0 saturated carbocycles. The predicted molar refractivity (Wildman–Crippen MR) is 62.2 cm³/mol. The molecule has 0 spiro atoms. The molecule has 0 aliphatic carbocycles. The number of allylic oxidation sites excluding steroid dienone is 1. The Morgan fingerprint density at radius 2 is 2.12 bits per heavy atom. The van der Waals surface area contributed by atoms with Crippen LogP contribution in [0.4, 0.5) is 0 Å². The highest BCUT2D eigenvalue weighted by Crippen LogP contribution is 2.04. The lowest BCUT2D eigenvalue weighted by molar-refractivity contribution is -0.114. The first-order valence-electron chi connectivity index (χ1n) is 5.33. The molecule has 1 aromatic heterocycles. The van der Waals surface area contributed by atoms with Crippen LogP contribution in [0.15, 0.2) is 18.5 Å². The second-order valence-electron chi connectivity index (χ2n) is 3.41. The largest absolute Gasteiger partial charge is 0.467 e. The molecule has 1 rings (SSSR count). The number of hydrogen-bond acceptors (Lipinski definition) is 4. The van der Waals surface area contributed by atoms with Gasteiger partial charge in [-0.3, -0.25) is 4.79 Å². The standard InChI is InChI=1S/C12H16N2O2/c1-3-4-5-11(15)7-6-10-8-13-12(16-2)14-9-10/h6-9H,3-5H2,1-2H3. The Morgan fingerprint density at radius 3 is 2.69 bits per heavy atom. The second-order valence-corrected chi connectivity index (χ2v) is 3.41. The van der Waals surface area contributed by atoms with Crippen LogP contribution in [0.1, 0.15) is 31.7 Å². The quantitative estimate of drug-likeness (QED) is 0.690. The second kappa shape index (κ2) is 6.71. The third kappa shape index (κ3) is 4.21. The first-order chi connectivity index (χ1) is 7.76. The van der Waals surface area contributed by atoms with Crippen LogP contribution in [0.5, 0.6) is 6.01 Å². The van der Waals surface area contributed by atoms with Crippen molar-refractivity contribution in [1.82, 2.24) is 9.97 Å². The third-order valence-electron chi connectivity index (χ3n) is 2.07. The Balaban J connectivity index is 2.52. The summed E-state index contributed by atoms with van der Waals surface area (Å²) in [6.07, 6.45) is 9.10. The summed E-state index contributed by atoms with van der Waals surface area (Å²) in [7, 11) is 1.51. The summed E-state index contributed by atoms with van der Waals surface area (Å²) in [6, 6.07) is 0.328. The number of carbonyl (C=O) groups excluding carboxylic acids is 1. The van der Waals surface area contributed by atoms with Gasteiger partial charge in [0.1, 0.15) is 0 Å². The Bertz CT molecular complexity index is 358. The van der Waals surface area contributed by atoms with Gasteiger partial charge >= 0.3 is 6.01 Å². The van der Waals surface area contributed by atoms with Crippen molar-refractivity contribution in [2.24, 2.45) is 0 Å². The van der Waals surface area contributed by atoms with Crippen molar-refractivity contribution >= 4 is 11.9 Å². The molecule has 0 bridgehead atoms. The van der Waals surface area contributed by atoms with E-state index in [0.29, 0.717) is 12.4 Å². The van der Waals surface area contributed by atoms with Crippen molar-refractivity contribution in [2.75, 3.05) is 7.11 Å². The number of unbranched alkanes of at least 4 members (excludes halogenated alkanes) is 1. The molecule has 1 heterocycles. The van der Waals surface area contributed by atoms with Gasteiger partial charge in [0.2, 0.25) is 0 Å². The molecule has 86 valence electrons. The Morgan fingerprint density at radius 1 is 1.44 bits per heavy atom. The number of methoxy groups -OCH3 is 1. The molecule has 1 aromatic rings. The van der Waals surface area contributed by atoms with Crippen molar-refractivity contribution in [3.05, 3.63) is 24.0 Å². The molecule has 0 atom stereocenters. The normalized spacial score (nSPS) is 10.6. The number of rotatable bonds is 6. The van der Waals surface area contributed by atoms with E-state index in [1.807, 2.05) is 0 Å². The fourth-order valence-electron chi connectivity index (χ4n) is 1.14. The van der Waals surface area contributed by atoms with E-state index in [1.165, 1.54) is 7.11 Å². The number of ether oxygens (including phenoxy) is 1. The van der Waals surface area contributed by atoms with Gasteiger partial charge in [0.25, 0.3) is 0 Å². The molecule has 0 fully saturated rings. The first kappa shape index (κ1) is 12.4. The van der Waals surface area contributed by atoms with Gasteiger partial charge in [-0.25, -0.2) is 9.97 Å². The minimum absolute atomic E-state index is 0.137. The molecular weight excluding hydrogens is 204 g/mol. The van der Waals surface area contributed by atoms with Crippen molar-refractivity contribution in [1.29, 1.82) is 0 Å². The molecule has 0 radical (unpaired) electrons. The van der Waals surface area contributed by atoms with Crippen LogP contribution in [-0.2, 0) is 4.79 Å². The summed E-state index contributed by atoms with van der Waals surface area (Å²) in [6.45, 7) is 2.06. The monoisotopic (exact) mass is 220 g/mol. The van der Waals surface area contributed by atoms with Gasteiger partial charge in [0.05, 0.1) is 7.11 Å². The molecule has 4 nitrogen and oxygen atoms in total. The third-order valence-corrected chi connectivity index (χ3v) is 2.07. The Labute approximate surface area is 95.4 Å². The van der Waals surface area contributed by atoms with E-state index in [-0.39, 0.29) is 5.78 Å². The van der Waals surface area contributed by atoms with E-state index in [0.717, 1.165) is 18.4 Å². The molecule has 0 unspecified atom stereocenters. The number of hydrogen-bond donors (Lipinski definition) is 0. The van der Waals surface area contributed by atoms with Crippen LogP contribution < -0.4 is 4.74 Å². The van der Waals surface area contributed by atoms with Crippen LogP contribution in [0.2, 0.25) is 0 Å². The maximum Gasteiger partial charge on any atom is 0.316 e. The van der Waals surface area contributed by atoms with Gasteiger partial charge in [-0.2, -0.15) is 0 Å². The van der Waals surface area contributed by atoms with E-state index in [9.17, 15) is 4.79 Å². The van der Waals surface area contributed by atoms with Crippen LogP contribution in [-0.4, -0.2) is 22.9 Å². The van der Waals surface area contributed by atoms with Crippen LogP contribution >= 0.6 is 0 Å². The number of ketones is 1. The summed E-state index contributed by atoms with van der Waals surface area (Å²) in [4.78, 5) is 19.2. The average molecular weight is 220 g/mol. The molecule has 0 aliphatic heterocycles. The highest BCUT2D eigenvalue weighted by molar-refractivity contribution is 5.93. The molecular formula is C12H16N2O2. The van der Waals surface area contributed by atoms with Crippen molar-refractivity contribution < 1.29 is 9.53 Å². The van der Waals surface area contributed by atoms with Gasteiger partial charge in [-0.05, 0) is 18.6 Å². The fourth-order valence-corrected chi connectivity index (χ4v) is 1.14. The van der Waals surface area contributed by atoms with E-state index in [4.69, 9.17) is 4.74 Å². The topological polar surface area (TPSA) is 52.1 Å². The lowest BCUT2D eigenvalue weighted by Gasteiger charge is -1.96. The lowest BCUT2D eigenvalue weighted by Crippen LogP contribution is -1.93. The number of aromatic nitrogens is 2. The summed E-state index contributed by atoms with van der Waals surface area (Å²) in [5, 5.41) is 0. The van der Waals surface area contributed by atoms with Crippen LogP contribution in [0.3, 0.4) is 0 Å². The van der Waals surface area contributed by atoms with Crippen molar-refractivity contribution in [3.8, 4) is 6.01 Å². The number of nitrogens with zero attached hydrogens (tertiary/aromatic N) is 2. The lowest BCUT2D eigenvalue weighted by atomic mass is 10.1. The summed E-state index contributed by atoms with van der Waals surface area (Å²) < 4.78 is 4.83.